The number of carboxylic acid groups (broad SMARTS) is 1. The number of thioether (sulfide) groups is 1. The molecule has 2 rings (SSSR count). The summed E-state index contributed by atoms with van der Waals surface area (Å²) >= 11 is 1.67. The average molecular weight is 300 g/mol. The Morgan fingerprint density at radius 2 is 2.25 bits per heavy atom. The van der Waals surface area contributed by atoms with E-state index in [4.69, 9.17) is 5.11 Å². The van der Waals surface area contributed by atoms with Gasteiger partial charge < -0.3 is 10.4 Å². The Morgan fingerprint density at radius 3 is 2.70 bits per heavy atom. The summed E-state index contributed by atoms with van der Waals surface area (Å²) in [5.74, 6) is -2.27. The smallest absolute Gasteiger partial charge is 0.342 e. The van der Waals surface area contributed by atoms with Crippen LogP contribution in [0.5, 0.6) is 0 Å². The van der Waals surface area contributed by atoms with Gasteiger partial charge in [-0.15, -0.1) is 0 Å². The molecule has 0 aromatic heterocycles. The van der Waals surface area contributed by atoms with Crippen LogP contribution in [0.1, 0.15) is 23.2 Å². The highest BCUT2D eigenvalue weighted by Gasteiger charge is 2.41. The molecular weight excluding hydrogens is 287 g/mol. The number of halogens is 1. The van der Waals surface area contributed by atoms with Gasteiger partial charge in [0.2, 0.25) is 0 Å². The molecule has 8 heteroatoms. The van der Waals surface area contributed by atoms with Crippen LogP contribution in [0.2, 0.25) is 0 Å². The fraction of sp³-hybridized carbons (Fsp3) is 0.417. The number of rotatable bonds is 6. The van der Waals surface area contributed by atoms with Crippen LogP contribution in [0.3, 0.4) is 0 Å². The second-order valence-electron chi connectivity index (χ2n) is 4.65. The molecule has 0 atom stereocenters. The van der Waals surface area contributed by atoms with E-state index in [2.05, 4.69) is 5.32 Å². The van der Waals surface area contributed by atoms with Crippen LogP contribution >= 0.6 is 11.8 Å². The van der Waals surface area contributed by atoms with Crippen molar-refractivity contribution in [2.24, 2.45) is 0 Å². The first-order valence-corrected chi connectivity index (χ1v) is 7.11. The van der Waals surface area contributed by atoms with Crippen LogP contribution in [-0.2, 0) is 0 Å². The number of nitro benzene ring substituents is 1. The first-order valence-electron chi connectivity index (χ1n) is 5.89. The number of hydrogen-bond acceptors (Lipinski definition) is 5. The molecule has 0 aliphatic heterocycles. The van der Waals surface area contributed by atoms with Gasteiger partial charge in [-0.2, -0.15) is 11.8 Å². The molecule has 1 aromatic carbocycles. The molecule has 1 aliphatic carbocycles. The standard InChI is InChI=1S/C12H13FN2O4S/c1-20-12(2-3-12)6-14-9-4-7(11(16)17)10(15(18)19)5-8(9)13/h4-5,14H,2-3,6H2,1H3,(H,16,17). The third-order valence-corrected chi connectivity index (χ3v) is 4.77. The van der Waals surface area contributed by atoms with Crippen LogP contribution in [-0.4, -0.2) is 33.5 Å². The second-order valence-corrected chi connectivity index (χ2v) is 5.93. The van der Waals surface area contributed by atoms with Crippen molar-refractivity contribution in [3.05, 3.63) is 33.6 Å². The summed E-state index contributed by atoms with van der Waals surface area (Å²) < 4.78 is 13.9. The minimum absolute atomic E-state index is 0.0201. The lowest BCUT2D eigenvalue weighted by atomic mass is 10.1. The van der Waals surface area contributed by atoms with Crippen molar-refractivity contribution >= 4 is 29.1 Å². The van der Waals surface area contributed by atoms with E-state index in [1.54, 1.807) is 11.8 Å². The van der Waals surface area contributed by atoms with E-state index in [1.165, 1.54) is 0 Å². The maximum absolute atomic E-state index is 13.8. The highest BCUT2D eigenvalue weighted by Crippen LogP contribution is 2.47. The summed E-state index contributed by atoms with van der Waals surface area (Å²) in [6.45, 7) is 0.502. The quantitative estimate of drug-likeness (QED) is 0.620. The molecule has 20 heavy (non-hydrogen) atoms. The zero-order chi connectivity index (χ0) is 14.9. The van der Waals surface area contributed by atoms with E-state index in [0.717, 1.165) is 18.9 Å². The predicted molar refractivity (Wildman–Crippen MR) is 74.0 cm³/mol. The van der Waals surface area contributed by atoms with Crippen LogP contribution in [0.15, 0.2) is 12.1 Å². The molecule has 0 unspecified atom stereocenters. The van der Waals surface area contributed by atoms with Gasteiger partial charge in [-0.1, -0.05) is 0 Å². The van der Waals surface area contributed by atoms with Crippen molar-refractivity contribution in [3.63, 3.8) is 0 Å². The number of benzene rings is 1. The molecule has 0 saturated heterocycles. The molecule has 0 spiro atoms. The fourth-order valence-electron chi connectivity index (χ4n) is 1.87. The van der Waals surface area contributed by atoms with Crippen molar-refractivity contribution in [1.29, 1.82) is 0 Å². The summed E-state index contributed by atoms with van der Waals surface area (Å²) in [6.07, 6.45) is 3.99. The Hall–Kier alpha value is -1.83. The van der Waals surface area contributed by atoms with Gasteiger partial charge in [0.1, 0.15) is 5.56 Å². The Balaban J connectivity index is 2.27. The molecule has 2 N–H and O–H groups in total. The van der Waals surface area contributed by atoms with E-state index in [-0.39, 0.29) is 10.4 Å². The summed E-state index contributed by atoms with van der Waals surface area (Å²) in [7, 11) is 0. The molecule has 1 aliphatic rings. The lowest BCUT2D eigenvalue weighted by molar-refractivity contribution is -0.385. The van der Waals surface area contributed by atoms with Gasteiger partial charge in [0.25, 0.3) is 5.69 Å². The van der Waals surface area contributed by atoms with Gasteiger partial charge in [0.15, 0.2) is 5.82 Å². The average Bonchev–Trinajstić information content (AvgIpc) is 3.17. The van der Waals surface area contributed by atoms with Crippen molar-refractivity contribution in [3.8, 4) is 0 Å². The number of nitrogens with zero attached hydrogens (tertiary/aromatic N) is 1. The largest absolute Gasteiger partial charge is 0.477 e. The molecule has 1 saturated carbocycles. The highest BCUT2D eigenvalue weighted by molar-refractivity contribution is 8.00. The number of carboxylic acids is 1. The number of aromatic carboxylic acids is 1. The van der Waals surface area contributed by atoms with Crippen LogP contribution < -0.4 is 5.32 Å². The zero-order valence-electron chi connectivity index (χ0n) is 10.7. The molecular formula is C12H13FN2O4S. The number of nitro groups is 1. The molecule has 6 nitrogen and oxygen atoms in total. The van der Waals surface area contributed by atoms with E-state index in [9.17, 15) is 19.3 Å². The normalized spacial score (nSPS) is 15.7. The van der Waals surface area contributed by atoms with Crippen molar-refractivity contribution < 1.29 is 19.2 Å². The molecule has 1 fully saturated rings. The molecule has 108 valence electrons. The van der Waals surface area contributed by atoms with E-state index < -0.39 is 28.0 Å². The lowest BCUT2D eigenvalue weighted by Crippen LogP contribution is -2.18. The zero-order valence-corrected chi connectivity index (χ0v) is 11.5. The molecule has 0 heterocycles. The van der Waals surface area contributed by atoms with E-state index >= 15 is 0 Å². The van der Waals surface area contributed by atoms with Crippen molar-refractivity contribution in [2.75, 3.05) is 18.1 Å². The number of nitrogens with one attached hydrogen (secondary N) is 1. The number of anilines is 1. The Labute approximate surface area is 118 Å². The first kappa shape index (κ1) is 14.6. The van der Waals surface area contributed by atoms with Crippen LogP contribution in [0.25, 0.3) is 0 Å². The first-order chi connectivity index (χ1) is 9.38. The van der Waals surface area contributed by atoms with Gasteiger partial charge in [0.05, 0.1) is 16.7 Å². The lowest BCUT2D eigenvalue weighted by Gasteiger charge is -2.15. The van der Waals surface area contributed by atoms with Crippen LogP contribution in [0, 0.1) is 15.9 Å². The fourth-order valence-corrected chi connectivity index (χ4v) is 2.60. The van der Waals surface area contributed by atoms with Crippen LogP contribution in [0.4, 0.5) is 15.8 Å². The van der Waals surface area contributed by atoms with Gasteiger partial charge in [-0.25, -0.2) is 9.18 Å². The third kappa shape index (κ3) is 2.84. The predicted octanol–water partition coefficient (Wildman–Crippen LogP) is 2.74. The van der Waals surface area contributed by atoms with Gasteiger partial charge in [-0.3, -0.25) is 10.1 Å². The summed E-state index contributed by atoms with van der Waals surface area (Å²) in [5.41, 5.74) is -1.28. The highest BCUT2D eigenvalue weighted by atomic mass is 32.2. The maximum Gasteiger partial charge on any atom is 0.342 e. The SMILES string of the molecule is CSC1(CNc2cc(C(=O)O)c([N+](=O)[O-])cc2F)CC1. The van der Waals surface area contributed by atoms with Crippen molar-refractivity contribution in [2.45, 2.75) is 17.6 Å². The van der Waals surface area contributed by atoms with Crippen molar-refractivity contribution in [1.82, 2.24) is 0 Å². The molecule has 0 amide bonds. The van der Waals surface area contributed by atoms with Gasteiger partial charge in [-0.05, 0) is 25.2 Å². The molecule has 0 radical (unpaired) electrons. The Bertz CT molecular complexity index is 575. The number of carbonyl (C=O) groups is 1. The monoisotopic (exact) mass is 300 g/mol. The third-order valence-electron chi connectivity index (χ3n) is 3.35. The van der Waals surface area contributed by atoms with Gasteiger partial charge in [0, 0.05) is 11.3 Å². The summed E-state index contributed by atoms with van der Waals surface area (Å²) in [6, 6.07) is 1.62. The minimum atomic E-state index is -1.45. The van der Waals surface area contributed by atoms with Gasteiger partial charge >= 0.3 is 5.97 Å². The Morgan fingerprint density at radius 1 is 1.60 bits per heavy atom. The Kier molecular flexibility index (Phi) is 3.85. The summed E-state index contributed by atoms with van der Waals surface area (Å²) in [5, 5.41) is 22.5. The van der Waals surface area contributed by atoms with E-state index in [1.807, 2.05) is 6.26 Å². The molecule has 0 bridgehead atoms. The molecule has 1 aromatic rings. The topological polar surface area (TPSA) is 92.5 Å². The minimum Gasteiger partial charge on any atom is -0.477 e. The summed E-state index contributed by atoms with van der Waals surface area (Å²) in [4.78, 5) is 20.8. The maximum atomic E-state index is 13.8. The number of hydrogen-bond donors (Lipinski definition) is 2. The second kappa shape index (κ2) is 5.28. The van der Waals surface area contributed by atoms with E-state index in [0.29, 0.717) is 12.6 Å².